The van der Waals surface area contributed by atoms with Gasteiger partial charge in [-0.25, -0.2) is 4.39 Å². The van der Waals surface area contributed by atoms with Gasteiger partial charge in [-0.1, -0.05) is 0 Å². The predicted octanol–water partition coefficient (Wildman–Crippen LogP) is 1.96. The Morgan fingerprint density at radius 3 is 2.56 bits per heavy atom. The molecule has 0 aliphatic heterocycles. The van der Waals surface area contributed by atoms with E-state index in [1.54, 1.807) is 0 Å². The molecule has 18 heavy (non-hydrogen) atoms. The van der Waals surface area contributed by atoms with Crippen molar-refractivity contribution < 1.29 is 32.7 Å². The average molecular weight is 265 g/mol. The number of hydrogen-bond acceptors (Lipinski definition) is 4. The summed E-state index contributed by atoms with van der Waals surface area (Å²) in [6.07, 6.45) is -0.802. The van der Waals surface area contributed by atoms with Crippen molar-refractivity contribution in [2.24, 2.45) is 0 Å². The first-order valence-electron chi connectivity index (χ1n) is 4.45. The van der Waals surface area contributed by atoms with Crippen molar-refractivity contribution in [1.29, 1.82) is 0 Å². The standard InChI is InChI=1S/C9H6F3NO5/c10-7-4(3-6(14)15)1-2-5(13(16)17)8(7)18-9(11)12/h1-2,9H,3H2,(H,14,15). The molecule has 0 heterocycles. The molecule has 0 saturated heterocycles. The average Bonchev–Trinajstić information content (AvgIpc) is 2.22. The number of carbonyl (C=O) groups is 1. The zero-order chi connectivity index (χ0) is 13.9. The van der Waals surface area contributed by atoms with E-state index >= 15 is 0 Å². The van der Waals surface area contributed by atoms with Gasteiger partial charge in [-0.2, -0.15) is 8.78 Å². The Morgan fingerprint density at radius 1 is 1.50 bits per heavy atom. The Bertz CT molecular complexity index is 491. The summed E-state index contributed by atoms with van der Waals surface area (Å²) in [6.45, 7) is -3.46. The molecule has 0 bridgehead atoms. The van der Waals surface area contributed by atoms with Gasteiger partial charge in [0.05, 0.1) is 11.3 Å². The number of hydrogen-bond donors (Lipinski definition) is 1. The molecule has 0 atom stereocenters. The van der Waals surface area contributed by atoms with Crippen LogP contribution in [0.3, 0.4) is 0 Å². The third-order valence-electron chi connectivity index (χ3n) is 1.90. The number of aliphatic carboxylic acids is 1. The van der Waals surface area contributed by atoms with Crippen LogP contribution in [0.25, 0.3) is 0 Å². The lowest BCUT2D eigenvalue weighted by Gasteiger charge is -2.08. The van der Waals surface area contributed by atoms with Crippen molar-refractivity contribution in [3.8, 4) is 5.75 Å². The van der Waals surface area contributed by atoms with Crippen molar-refractivity contribution in [3.05, 3.63) is 33.6 Å². The molecule has 1 aromatic carbocycles. The molecule has 9 heteroatoms. The molecule has 0 aliphatic carbocycles. The van der Waals surface area contributed by atoms with Crippen LogP contribution < -0.4 is 4.74 Å². The molecule has 0 fully saturated rings. The van der Waals surface area contributed by atoms with Gasteiger partial charge in [-0.15, -0.1) is 0 Å². The fraction of sp³-hybridized carbons (Fsp3) is 0.222. The molecule has 98 valence electrons. The summed E-state index contributed by atoms with van der Waals surface area (Å²) >= 11 is 0. The number of benzene rings is 1. The summed E-state index contributed by atoms with van der Waals surface area (Å²) in [5, 5.41) is 18.9. The largest absolute Gasteiger partial charge is 0.481 e. The highest BCUT2D eigenvalue weighted by atomic mass is 19.3. The van der Waals surface area contributed by atoms with Crippen molar-refractivity contribution in [2.75, 3.05) is 0 Å². The third-order valence-corrected chi connectivity index (χ3v) is 1.90. The molecular weight excluding hydrogens is 259 g/mol. The number of ether oxygens (including phenoxy) is 1. The molecule has 0 radical (unpaired) electrons. The summed E-state index contributed by atoms with van der Waals surface area (Å²) in [7, 11) is 0. The highest BCUT2D eigenvalue weighted by Gasteiger charge is 2.26. The minimum absolute atomic E-state index is 0.483. The maximum absolute atomic E-state index is 13.6. The first-order valence-corrected chi connectivity index (χ1v) is 4.45. The molecule has 0 aromatic heterocycles. The number of carboxylic acids is 1. The van der Waals surface area contributed by atoms with Gasteiger partial charge in [0, 0.05) is 11.6 Å². The SMILES string of the molecule is O=C(O)Cc1ccc([N+](=O)[O-])c(OC(F)F)c1F. The number of nitro benzene ring substituents is 1. The highest BCUT2D eigenvalue weighted by molar-refractivity contribution is 5.71. The minimum Gasteiger partial charge on any atom is -0.481 e. The minimum atomic E-state index is -3.46. The van der Waals surface area contributed by atoms with E-state index in [-0.39, 0.29) is 0 Å². The molecule has 6 nitrogen and oxygen atoms in total. The maximum atomic E-state index is 13.6. The van der Waals surface area contributed by atoms with Crippen LogP contribution in [0.1, 0.15) is 5.56 Å². The lowest BCUT2D eigenvalue weighted by molar-refractivity contribution is -0.386. The highest BCUT2D eigenvalue weighted by Crippen LogP contribution is 2.33. The van der Waals surface area contributed by atoms with Crippen molar-refractivity contribution in [2.45, 2.75) is 13.0 Å². The van der Waals surface area contributed by atoms with Crippen LogP contribution in [0, 0.1) is 15.9 Å². The summed E-state index contributed by atoms with van der Waals surface area (Å²) in [4.78, 5) is 19.8. The van der Waals surface area contributed by atoms with Crippen molar-refractivity contribution in [1.82, 2.24) is 0 Å². The van der Waals surface area contributed by atoms with Gasteiger partial charge in [-0.3, -0.25) is 14.9 Å². The lowest BCUT2D eigenvalue weighted by atomic mass is 10.1. The van der Waals surface area contributed by atoms with Crippen molar-refractivity contribution in [3.63, 3.8) is 0 Å². The van der Waals surface area contributed by atoms with Crippen LogP contribution in [-0.2, 0) is 11.2 Å². The second-order valence-electron chi connectivity index (χ2n) is 3.09. The molecule has 1 rings (SSSR count). The molecule has 1 aromatic rings. The second kappa shape index (κ2) is 5.34. The van der Waals surface area contributed by atoms with E-state index in [9.17, 15) is 28.1 Å². The van der Waals surface area contributed by atoms with Gasteiger partial charge in [0.25, 0.3) is 0 Å². The summed E-state index contributed by atoms with van der Waals surface area (Å²) in [6, 6.07) is 1.54. The van der Waals surface area contributed by atoms with E-state index in [1.165, 1.54) is 0 Å². The van der Waals surface area contributed by atoms with E-state index in [0.717, 1.165) is 6.07 Å². The summed E-state index contributed by atoms with van der Waals surface area (Å²) < 4.78 is 41.3. The molecule has 0 spiro atoms. The van der Waals surface area contributed by atoms with E-state index < -0.39 is 46.7 Å². The number of halogens is 3. The van der Waals surface area contributed by atoms with Gasteiger partial charge in [0.15, 0.2) is 5.82 Å². The van der Waals surface area contributed by atoms with E-state index in [2.05, 4.69) is 4.74 Å². The van der Waals surface area contributed by atoms with Gasteiger partial charge in [0.1, 0.15) is 0 Å². The number of alkyl halides is 2. The fourth-order valence-electron chi connectivity index (χ4n) is 1.23. The summed E-state index contributed by atoms with van der Waals surface area (Å²) in [5.74, 6) is -4.16. The molecule has 0 amide bonds. The van der Waals surface area contributed by atoms with Crippen LogP contribution in [0.2, 0.25) is 0 Å². The predicted molar refractivity (Wildman–Crippen MR) is 51.0 cm³/mol. The Hall–Kier alpha value is -2.32. The first kappa shape index (κ1) is 13.7. The van der Waals surface area contributed by atoms with E-state index in [4.69, 9.17) is 5.11 Å². The van der Waals surface area contributed by atoms with Crippen LogP contribution in [0.5, 0.6) is 5.75 Å². The molecule has 1 N–H and O–H groups in total. The smallest absolute Gasteiger partial charge is 0.387 e. The molecule has 0 saturated carbocycles. The number of nitrogens with zero attached hydrogens (tertiary/aromatic N) is 1. The number of nitro groups is 1. The van der Waals surface area contributed by atoms with Crippen LogP contribution in [0.4, 0.5) is 18.9 Å². The fourth-order valence-corrected chi connectivity index (χ4v) is 1.23. The Labute approximate surface area is 97.7 Å². The first-order chi connectivity index (χ1) is 8.32. The van der Waals surface area contributed by atoms with Gasteiger partial charge >= 0.3 is 18.3 Å². The molecular formula is C9H6F3NO5. The Balaban J connectivity index is 3.29. The Kier molecular flexibility index (Phi) is 4.08. The number of carboxylic acid groups (broad SMARTS) is 1. The van der Waals surface area contributed by atoms with Crippen LogP contribution >= 0.6 is 0 Å². The quantitative estimate of drug-likeness (QED) is 0.649. The Morgan fingerprint density at radius 2 is 2.11 bits per heavy atom. The summed E-state index contributed by atoms with van der Waals surface area (Å²) in [5.41, 5.74) is -1.48. The third kappa shape index (κ3) is 3.09. The van der Waals surface area contributed by atoms with Gasteiger partial charge in [0.2, 0.25) is 5.75 Å². The van der Waals surface area contributed by atoms with Gasteiger partial charge < -0.3 is 9.84 Å². The lowest BCUT2D eigenvalue weighted by Crippen LogP contribution is -2.09. The van der Waals surface area contributed by atoms with Crippen molar-refractivity contribution >= 4 is 11.7 Å². The van der Waals surface area contributed by atoms with Gasteiger partial charge in [-0.05, 0) is 6.07 Å². The number of rotatable bonds is 5. The maximum Gasteiger partial charge on any atom is 0.387 e. The monoisotopic (exact) mass is 265 g/mol. The molecule has 0 aliphatic rings. The normalized spacial score (nSPS) is 10.4. The van der Waals surface area contributed by atoms with Crippen LogP contribution in [-0.4, -0.2) is 22.6 Å². The van der Waals surface area contributed by atoms with Crippen LogP contribution in [0.15, 0.2) is 12.1 Å². The topological polar surface area (TPSA) is 89.7 Å². The molecule has 0 unspecified atom stereocenters. The van der Waals surface area contributed by atoms with E-state index in [0.29, 0.717) is 6.07 Å². The zero-order valence-electron chi connectivity index (χ0n) is 8.60. The zero-order valence-corrected chi connectivity index (χ0v) is 8.60. The van der Waals surface area contributed by atoms with E-state index in [1.807, 2.05) is 0 Å². The second-order valence-corrected chi connectivity index (χ2v) is 3.09.